The maximum atomic E-state index is 5.62. The zero-order valence-corrected chi connectivity index (χ0v) is 11.6. The number of anilines is 1. The van der Waals surface area contributed by atoms with Gasteiger partial charge in [0.1, 0.15) is 5.75 Å². The first-order chi connectivity index (χ1) is 7.91. The Bertz CT molecular complexity index is 386. The Morgan fingerprint density at radius 2 is 1.88 bits per heavy atom. The van der Waals surface area contributed by atoms with Crippen LogP contribution in [0.4, 0.5) is 5.69 Å². The molecule has 3 N–H and O–H groups in total. The Morgan fingerprint density at radius 1 is 1.24 bits per heavy atom. The summed E-state index contributed by atoms with van der Waals surface area (Å²) >= 11 is 0. The van der Waals surface area contributed by atoms with Crippen LogP contribution in [0, 0.1) is 13.8 Å². The average molecular weight is 236 g/mol. The van der Waals surface area contributed by atoms with Crippen molar-refractivity contribution in [3.63, 3.8) is 0 Å². The molecule has 0 saturated heterocycles. The molecule has 0 spiro atoms. The third kappa shape index (κ3) is 3.37. The van der Waals surface area contributed by atoms with Crippen molar-refractivity contribution in [2.24, 2.45) is 5.73 Å². The van der Waals surface area contributed by atoms with Gasteiger partial charge in [0.25, 0.3) is 0 Å². The summed E-state index contributed by atoms with van der Waals surface area (Å²) in [6.45, 7) is 9.21. The highest BCUT2D eigenvalue weighted by Gasteiger charge is 2.18. The van der Waals surface area contributed by atoms with E-state index < -0.39 is 0 Å². The fourth-order valence-corrected chi connectivity index (χ4v) is 1.94. The van der Waals surface area contributed by atoms with E-state index in [1.165, 1.54) is 11.1 Å². The van der Waals surface area contributed by atoms with E-state index in [-0.39, 0.29) is 5.54 Å². The second kappa shape index (κ2) is 5.41. The minimum Gasteiger partial charge on any atom is -0.496 e. The number of hydrogen-bond donors (Lipinski definition) is 2. The molecule has 0 radical (unpaired) electrons. The quantitative estimate of drug-likeness (QED) is 0.826. The van der Waals surface area contributed by atoms with Crippen molar-refractivity contribution in [3.05, 3.63) is 23.3 Å². The van der Waals surface area contributed by atoms with E-state index in [0.717, 1.165) is 17.9 Å². The number of methoxy groups -OCH3 is 1. The first kappa shape index (κ1) is 13.8. The number of ether oxygens (including phenoxy) is 1. The lowest BCUT2D eigenvalue weighted by molar-refractivity contribution is 0.411. The molecule has 0 saturated carbocycles. The maximum absolute atomic E-state index is 5.62. The summed E-state index contributed by atoms with van der Waals surface area (Å²) in [5, 5.41) is 3.54. The molecule has 0 aromatic heterocycles. The molecule has 0 amide bonds. The van der Waals surface area contributed by atoms with Crippen molar-refractivity contribution in [1.82, 2.24) is 0 Å². The molecule has 1 aromatic rings. The van der Waals surface area contributed by atoms with E-state index in [1.54, 1.807) is 7.11 Å². The largest absolute Gasteiger partial charge is 0.496 e. The molecule has 0 bridgehead atoms. The van der Waals surface area contributed by atoms with E-state index in [1.807, 2.05) is 6.07 Å². The van der Waals surface area contributed by atoms with E-state index in [4.69, 9.17) is 10.5 Å². The molecule has 0 heterocycles. The lowest BCUT2D eigenvalue weighted by Crippen LogP contribution is -2.33. The van der Waals surface area contributed by atoms with Crippen LogP contribution in [0.5, 0.6) is 5.75 Å². The smallest absolute Gasteiger partial charge is 0.122 e. The van der Waals surface area contributed by atoms with Crippen molar-refractivity contribution in [3.8, 4) is 5.75 Å². The van der Waals surface area contributed by atoms with E-state index in [2.05, 4.69) is 39.1 Å². The second-order valence-electron chi connectivity index (χ2n) is 5.11. The lowest BCUT2D eigenvalue weighted by atomic mass is 9.98. The Balaban J connectivity index is 2.97. The molecule has 1 rings (SSSR count). The molecule has 96 valence electrons. The normalized spacial score (nSPS) is 11.4. The Labute approximate surface area is 104 Å². The van der Waals surface area contributed by atoms with Crippen LogP contribution in [-0.2, 0) is 0 Å². The Kier molecular flexibility index (Phi) is 4.40. The molecular formula is C14H24N2O. The van der Waals surface area contributed by atoms with Gasteiger partial charge in [-0.05, 0) is 63.9 Å². The van der Waals surface area contributed by atoms with Crippen LogP contribution < -0.4 is 15.8 Å². The highest BCUT2D eigenvalue weighted by molar-refractivity contribution is 5.59. The SMILES string of the molecule is COc1ccc(NC(C)(C)CCN)c(C)c1C. The maximum Gasteiger partial charge on any atom is 0.122 e. The fraction of sp³-hybridized carbons (Fsp3) is 0.571. The molecule has 17 heavy (non-hydrogen) atoms. The van der Waals surface area contributed by atoms with Gasteiger partial charge in [-0.3, -0.25) is 0 Å². The van der Waals surface area contributed by atoms with Crippen LogP contribution in [0.1, 0.15) is 31.4 Å². The highest BCUT2D eigenvalue weighted by atomic mass is 16.5. The van der Waals surface area contributed by atoms with Crippen molar-refractivity contribution in [1.29, 1.82) is 0 Å². The van der Waals surface area contributed by atoms with Crippen LogP contribution in [0.15, 0.2) is 12.1 Å². The van der Waals surface area contributed by atoms with Gasteiger partial charge in [0, 0.05) is 11.2 Å². The number of nitrogens with one attached hydrogen (secondary N) is 1. The van der Waals surface area contributed by atoms with Gasteiger partial charge >= 0.3 is 0 Å². The van der Waals surface area contributed by atoms with Crippen LogP contribution in [0.3, 0.4) is 0 Å². The van der Waals surface area contributed by atoms with Gasteiger partial charge in [-0.15, -0.1) is 0 Å². The van der Waals surface area contributed by atoms with Gasteiger partial charge in [-0.25, -0.2) is 0 Å². The van der Waals surface area contributed by atoms with E-state index >= 15 is 0 Å². The summed E-state index contributed by atoms with van der Waals surface area (Å²) in [5.41, 5.74) is 9.20. The molecule has 0 aliphatic rings. The minimum atomic E-state index is 0.0144. The van der Waals surface area contributed by atoms with Crippen LogP contribution in [-0.4, -0.2) is 19.2 Å². The molecule has 0 atom stereocenters. The first-order valence-corrected chi connectivity index (χ1v) is 6.03. The number of hydrogen-bond acceptors (Lipinski definition) is 3. The van der Waals surface area contributed by atoms with Crippen LogP contribution >= 0.6 is 0 Å². The monoisotopic (exact) mass is 236 g/mol. The van der Waals surface area contributed by atoms with Crippen molar-refractivity contribution in [2.75, 3.05) is 19.0 Å². The van der Waals surface area contributed by atoms with Gasteiger partial charge in [0.2, 0.25) is 0 Å². The summed E-state index contributed by atoms with van der Waals surface area (Å²) in [6.07, 6.45) is 0.942. The molecule has 0 unspecified atom stereocenters. The average Bonchev–Trinajstić information content (AvgIpc) is 2.25. The number of nitrogens with two attached hydrogens (primary N) is 1. The van der Waals surface area contributed by atoms with Gasteiger partial charge in [-0.2, -0.15) is 0 Å². The topological polar surface area (TPSA) is 47.3 Å². The van der Waals surface area contributed by atoms with Crippen molar-refractivity contribution in [2.45, 2.75) is 39.7 Å². The van der Waals surface area contributed by atoms with Crippen LogP contribution in [0.25, 0.3) is 0 Å². The Morgan fingerprint density at radius 3 is 2.41 bits per heavy atom. The number of benzene rings is 1. The summed E-state index contributed by atoms with van der Waals surface area (Å²) in [7, 11) is 1.70. The summed E-state index contributed by atoms with van der Waals surface area (Å²) in [4.78, 5) is 0. The molecule has 1 aromatic carbocycles. The van der Waals surface area contributed by atoms with Gasteiger partial charge in [-0.1, -0.05) is 0 Å². The molecule has 3 heteroatoms. The number of rotatable bonds is 5. The molecule has 0 aliphatic heterocycles. The molecular weight excluding hydrogens is 212 g/mol. The van der Waals surface area contributed by atoms with Gasteiger partial charge in [0.15, 0.2) is 0 Å². The predicted octanol–water partition coefficient (Wildman–Crippen LogP) is 2.85. The zero-order valence-electron chi connectivity index (χ0n) is 11.6. The third-order valence-electron chi connectivity index (χ3n) is 3.20. The van der Waals surface area contributed by atoms with Crippen LogP contribution in [0.2, 0.25) is 0 Å². The van der Waals surface area contributed by atoms with Crippen molar-refractivity contribution >= 4 is 5.69 Å². The second-order valence-corrected chi connectivity index (χ2v) is 5.11. The molecule has 3 nitrogen and oxygen atoms in total. The summed E-state index contributed by atoms with van der Waals surface area (Å²) < 4.78 is 5.31. The summed E-state index contributed by atoms with van der Waals surface area (Å²) in [6, 6.07) is 4.07. The van der Waals surface area contributed by atoms with Crippen molar-refractivity contribution < 1.29 is 4.74 Å². The van der Waals surface area contributed by atoms with E-state index in [0.29, 0.717) is 6.54 Å². The fourth-order valence-electron chi connectivity index (χ4n) is 1.94. The first-order valence-electron chi connectivity index (χ1n) is 6.03. The molecule has 0 aliphatic carbocycles. The van der Waals surface area contributed by atoms with Gasteiger partial charge in [0.05, 0.1) is 7.11 Å². The lowest BCUT2D eigenvalue weighted by Gasteiger charge is -2.28. The molecule has 0 fully saturated rings. The highest BCUT2D eigenvalue weighted by Crippen LogP contribution is 2.29. The standard InChI is InChI=1S/C14H24N2O/c1-10-11(2)13(17-5)7-6-12(10)16-14(3,4)8-9-15/h6-7,16H,8-9,15H2,1-5H3. The summed E-state index contributed by atoms with van der Waals surface area (Å²) in [5.74, 6) is 0.935. The Hall–Kier alpha value is -1.22. The third-order valence-corrected chi connectivity index (χ3v) is 3.20. The zero-order chi connectivity index (χ0) is 13.1. The van der Waals surface area contributed by atoms with E-state index in [9.17, 15) is 0 Å². The van der Waals surface area contributed by atoms with Gasteiger partial charge < -0.3 is 15.8 Å². The predicted molar refractivity (Wildman–Crippen MR) is 73.8 cm³/mol. The minimum absolute atomic E-state index is 0.0144.